The minimum absolute atomic E-state index is 0.211. The van der Waals surface area contributed by atoms with Crippen LogP contribution in [0.25, 0.3) is 0 Å². The summed E-state index contributed by atoms with van der Waals surface area (Å²) in [5, 5.41) is 0. The number of ether oxygens (including phenoxy) is 1. The highest BCUT2D eigenvalue weighted by atomic mass is 32.2. The third-order valence-corrected chi connectivity index (χ3v) is 5.11. The minimum atomic E-state index is -1.54. The summed E-state index contributed by atoms with van der Waals surface area (Å²) >= 11 is 0. The molecule has 1 saturated heterocycles. The summed E-state index contributed by atoms with van der Waals surface area (Å²) in [4.78, 5) is 12.6. The number of nitrogens with zero attached hydrogens (tertiary/aromatic N) is 1. The standard InChI is InChI=1S/C17H17NO3S/c1-13-7-9-16(10-8-13)22(20)18-15(12-21-17(18)19)11-14-5-3-2-4-6-14/h2-10,15H,11-12H2,1H3/t15-,22?/m0/s1. The van der Waals surface area contributed by atoms with Gasteiger partial charge in [-0.1, -0.05) is 48.0 Å². The third kappa shape index (κ3) is 3.04. The Morgan fingerprint density at radius 3 is 2.50 bits per heavy atom. The molecule has 2 aromatic carbocycles. The molecule has 2 atom stereocenters. The molecule has 0 radical (unpaired) electrons. The second-order valence-electron chi connectivity index (χ2n) is 5.31. The maximum absolute atomic E-state index is 12.7. The lowest BCUT2D eigenvalue weighted by atomic mass is 10.1. The van der Waals surface area contributed by atoms with Crippen LogP contribution >= 0.6 is 0 Å². The van der Waals surface area contributed by atoms with Crippen molar-refractivity contribution < 1.29 is 13.7 Å². The summed E-state index contributed by atoms with van der Waals surface area (Å²) in [7, 11) is -1.54. The number of hydrogen-bond acceptors (Lipinski definition) is 3. The predicted octanol–water partition coefficient (Wildman–Crippen LogP) is 3.08. The Balaban J connectivity index is 1.81. The van der Waals surface area contributed by atoms with E-state index in [1.54, 1.807) is 12.1 Å². The highest BCUT2D eigenvalue weighted by Gasteiger charge is 2.37. The van der Waals surface area contributed by atoms with Crippen LogP contribution in [0.4, 0.5) is 4.79 Å². The molecule has 0 spiro atoms. The molecule has 4 nitrogen and oxygen atoms in total. The molecule has 0 bridgehead atoms. The predicted molar refractivity (Wildman–Crippen MR) is 84.7 cm³/mol. The van der Waals surface area contributed by atoms with Crippen molar-refractivity contribution >= 4 is 17.1 Å². The van der Waals surface area contributed by atoms with Gasteiger partial charge in [0.2, 0.25) is 0 Å². The molecular formula is C17H17NO3S. The first-order valence-corrected chi connectivity index (χ1v) is 8.24. The molecule has 0 saturated carbocycles. The quantitative estimate of drug-likeness (QED) is 0.871. The van der Waals surface area contributed by atoms with Crippen LogP contribution < -0.4 is 0 Å². The van der Waals surface area contributed by atoms with Crippen molar-refractivity contribution in [3.63, 3.8) is 0 Å². The second-order valence-corrected chi connectivity index (χ2v) is 6.67. The Morgan fingerprint density at radius 2 is 1.82 bits per heavy atom. The topological polar surface area (TPSA) is 46.6 Å². The highest BCUT2D eigenvalue weighted by molar-refractivity contribution is 7.83. The van der Waals surface area contributed by atoms with Gasteiger partial charge in [0, 0.05) is 0 Å². The van der Waals surface area contributed by atoms with Gasteiger partial charge in [0.25, 0.3) is 0 Å². The lowest BCUT2D eigenvalue weighted by Gasteiger charge is -2.20. The molecule has 1 aliphatic rings. The molecule has 1 heterocycles. The normalized spacial score (nSPS) is 19.0. The third-order valence-electron chi connectivity index (χ3n) is 3.63. The molecule has 114 valence electrons. The van der Waals surface area contributed by atoms with E-state index in [1.165, 1.54) is 4.31 Å². The zero-order valence-electron chi connectivity index (χ0n) is 12.3. The summed E-state index contributed by atoms with van der Waals surface area (Å²) in [6.45, 7) is 2.24. The number of amides is 1. The van der Waals surface area contributed by atoms with Crippen molar-refractivity contribution in [3.8, 4) is 0 Å². The van der Waals surface area contributed by atoms with Gasteiger partial charge in [0.1, 0.15) is 6.61 Å². The minimum Gasteiger partial charge on any atom is -0.446 e. The lowest BCUT2D eigenvalue weighted by molar-refractivity contribution is 0.170. The summed E-state index contributed by atoms with van der Waals surface area (Å²) in [6.07, 6.45) is 0.115. The van der Waals surface area contributed by atoms with Gasteiger partial charge in [0.15, 0.2) is 11.0 Å². The lowest BCUT2D eigenvalue weighted by Crippen LogP contribution is -2.36. The van der Waals surface area contributed by atoms with E-state index in [0.29, 0.717) is 11.3 Å². The van der Waals surface area contributed by atoms with Crippen molar-refractivity contribution in [1.29, 1.82) is 0 Å². The van der Waals surface area contributed by atoms with Crippen LogP contribution in [-0.2, 0) is 22.1 Å². The van der Waals surface area contributed by atoms with Crippen LogP contribution in [0.1, 0.15) is 11.1 Å². The Labute approximate surface area is 132 Å². The van der Waals surface area contributed by atoms with E-state index in [0.717, 1.165) is 11.1 Å². The van der Waals surface area contributed by atoms with Crippen LogP contribution in [0.15, 0.2) is 59.5 Å². The number of cyclic esters (lactones) is 1. The van der Waals surface area contributed by atoms with Crippen molar-refractivity contribution in [2.45, 2.75) is 24.3 Å². The van der Waals surface area contributed by atoms with E-state index in [2.05, 4.69) is 0 Å². The number of carbonyl (C=O) groups excluding carboxylic acids is 1. The van der Waals surface area contributed by atoms with Crippen molar-refractivity contribution in [1.82, 2.24) is 4.31 Å². The van der Waals surface area contributed by atoms with Crippen LogP contribution in [0.5, 0.6) is 0 Å². The molecule has 1 amide bonds. The largest absolute Gasteiger partial charge is 0.446 e. The number of carbonyl (C=O) groups is 1. The smallest absolute Gasteiger partial charge is 0.422 e. The summed E-state index contributed by atoms with van der Waals surface area (Å²) in [6, 6.07) is 17.0. The number of benzene rings is 2. The van der Waals surface area contributed by atoms with Gasteiger partial charge >= 0.3 is 6.09 Å². The Kier molecular flexibility index (Phi) is 4.24. The van der Waals surface area contributed by atoms with Gasteiger partial charge in [-0.05, 0) is 31.0 Å². The maximum atomic E-state index is 12.7. The highest BCUT2D eigenvalue weighted by Crippen LogP contribution is 2.23. The van der Waals surface area contributed by atoms with Gasteiger partial charge in [0.05, 0.1) is 10.9 Å². The van der Waals surface area contributed by atoms with Gasteiger partial charge in [-0.15, -0.1) is 0 Å². The van der Waals surface area contributed by atoms with Crippen molar-refractivity contribution in [2.24, 2.45) is 0 Å². The van der Waals surface area contributed by atoms with Crippen molar-refractivity contribution in [3.05, 3.63) is 65.7 Å². The summed E-state index contributed by atoms with van der Waals surface area (Å²) < 4.78 is 19.2. The fourth-order valence-corrected chi connectivity index (χ4v) is 3.64. The van der Waals surface area contributed by atoms with E-state index in [9.17, 15) is 9.00 Å². The molecule has 0 N–H and O–H groups in total. The van der Waals surface area contributed by atoms with Crippen LogP contribution in [0, 0.1) is 6.92 Å². The Bertz CT molecular complexity index is 685. The van der Waals surface area contributed by atoms with Crippen LogP contribution in [0.3, 0.4) is 0 Å². The average Bonchev–Trinajstić information content (AvgIpc) is 2.89. The summed E-state index contributed by atoms with van der Waals surface area (Å²) in [5.74, 6) is 0. The SMILES string of the molecule is Cc1ccc(S(=O)N2C(=O)OC[C@@H]2Cc2ccccc2)cc1. The van der Waals surface area contributed by atoms with E-state index in [4.69, 9.17) is 4.74 Å². The Morgan fingerprint density at radius 1 is 1.14 bits per heavy atom. The molecule has 1 aliphatic heterocycles. The zero-order chi connectivity index (χ0) is 15.5. The molecule has 5 heteroatoms. The monoisotopic (exact) mass is 315 g/mol. The molecule has 0 aliphatic carbocycles. The fourth-order valence-electron chi connectivity index (χ4n) is 2.45. The maximum Gasteiger partial charge on any atom is 0.422 e. The zero-order valence-corrected chi connectivity index (χ0v) is 13.1. The van der Waals surface area contributed by atoms with E-state index in [-0.39, 0.29) is 12.6 Å². The Hall–Kier alpha value is -2.14. The molecule has 2 aromatic rings. The average molecular weight is 315 g/mol. The molecule has 3 rings (SSSR count). The van der Waals surface area contributed by atoms with Gasteiger partial charge < -0.3 is 4.74 Å². The van der Waals surface area contributed by atoms with Crippen LogP contribution in [0.2, 0.25) is 0 Å². The molecular weight excluding hydrogens is 298 g/mol. The molecule has 0 aromatic heterocycles. The van der Waals surface area contributed by atoms with E-state index >= 15 is 0 Å². The first-order chi connectivity index (χ1) is 10.6. The second kappa shape index (κ2) is 6.32. The number of hydrogen-bond donors (Lipinski definition) is 0. The van der Waals surface area contributed by atoms with Crippen LogP contribution in [-0.4, -0.2) is 27.3 Å². The molecule has 1 unspecified atom stereocenters. The van der Waals surface area contributed by atoms with Gasteiger partial charge in [-0.3, -0.25) is 0 Å². The first kappa shape index (κ1) is 14.8. The van der Waals surface area contributed by atoms with Crippen molar-refractivity contribution in [2.75, 3.05) is 6.61 Å². The van der Waals surface area contributed by atoms with E-state index in [1.807, 2.05) is 49.4 Å². The fraction of sp³-hybridized carbons (Fsp3) is 0.235. The summed E-state index contributed by atoms with van der Waals surface area (Å²) in [5.41, 5.74) is 2.18. The first-order valence-electron chi connectivity index (χ1n) is 7.13. The molecule has 22 heavy (non-hydrogen) atoms. The number of aryl methyl sites for hydroxylation is 1. The van der Waals surface area contributed by atoms with Gasteiger partial charge in [-0.2, -0.15) is 0 Å². The van der Waals surface area contributed by atoms with Gasteiger partial charge in [-0.25, -0.2) is 13.3 Å². The van der Waals surface area contributed by atoms with E-state index < -0.39 is 17.1 Å². The molecule has 1 fully saturated rings. The number of rotatable bonds is 4.